The summed E-state index contributed by atoms with van der Waals surface area (Å²) < 4.78 is 15.8. The Morgan fingerprint density at radius 1 is 1.39 bits per heavy atom. The molecular weight excluding hydrogens is 230 g/mol. The zero-order chi connectivity index (χ0) is 12.6. The summed E-state index contributed by atoms with van der Waals surface area (Å²) in [4.78, 5) is 0. The highest BCUT2D eigenvalue weighted by Crippen LogP contribution is 2.30. The number of hydrogen-bond donors (Lipinski definition) is 1. The molecule has 1 aromatic heterocycles. The molecule has 0 aliphatic heterocycles. The van der Waals surface area contributed by atoms with E-state index in [9.17, 15) is 0 Å². The molecule has 18 heavy (non-hydrogen) atoms. The van der Waals surface area contributed by atoms with E-state index >= 15 is 0 Å². The SMILES string of the molecule is COCCOCCCNC1CCCc2occc21. The maximum atomic E-state index is 5.48. The van der Waals surface area contributed by atoms with E-state index in [2.05, 4.69) is 11.4 Å². The summed E-state index contributed by atoms with van der Waals surface area (Å²) in [6.07, 6.45) is 6.34. The molecule has 1 atom stereocenters. The lowest BCUT2D eigenvalue weighted by atomic mass is 9.93. The predicted molar refractivity (Wildman–Crippen MR) is 69.7 cm³/mol. The second-order valence-corrected chi connectivity index (χ2v) is 4.66. The van der Waals surface area contributed by atoms with Gasteiger partial charge in [-0.15, -0.1) is 0 Å². The lowest BCUT2D eigenvalue weighted by molar-refractivity contribution is 0.0692. The van der Waals surface area contributed by atoms with Crippen LogP contribution in [0.1, 0.15) is 36.6 Å². The van der Waals surface area contributed by atoms with E-state index in [0.717, 1.165) is 31.8 Å². The van der Waals surface area contributed by atoms with Crippen LogP contribution in [0.4, 0.5) is 0 Å². The lowest BCUT2D eigenvalue weighted by Gasteiger charge is -2.22. The second kappa shape index (κ2) is 7.56. The van der Waals surface area contributed by atoms with Crippen LogP contribution in [-0.2, 0) is 15.9 Å². The van der Waals surface area contributed by atoms with Crippen LogP contribution < -0.4 is 5.32 Å². The van der Waals surface area contributed by atoms with Crippen LogP contribution in [0, 0.1) is 0 Å². The quantitative estimate of drug-likeness (QED) is 0.722. The standard InChI is InChI=1S/C14H23NO3/c1-16-10-11-17-8-3-7-15-13-4-2-5-14-12(13)6-9-18-14/h6,9,13,15H,2-5,7-8,10-11H2,1H3. The predicted octanol–water partition coefficient (Wildman–Crippen LogP) is 2.30. The van der Waals surface area contributed by atoms with Gasteiger partial charge in [0.05, 0.1) is 19.5 Å². The van der Waals surface area contributed by atoms with Crippen LogP contribution in [0.3, 0.4) is 0 Å². The number of furan rings is 1. The molecular formula is C14H23NO3. The van der Waals surface area contributed by atoms with Crippen molar-refractivity contribution in [2.24, 2.45) is 0 Å². The van der Waals surface area contributed by atoms with Gasteiger partial charge in [0, 0.05) is 31.7 Å². The number of fused-ring (bicyclic) bond motifs is 1. The minimum Gasteiger partial charge on any atom is -0.469 e. The fourth-order valence-corrected chi connectivity index (χ4v) is 2.39. The molecule has 0 saturated heterocycles. The molecule has 0 saturated carbocycles. The largest absolute Gasteiger partial charge is 0.469 e. The maximum absolute atomic E-state index is 5.48. The van der Waals surface area contributed by atoms with Crippen molar-refractivity contribution in [3.8, 4) is 0 Å². The number of rotatable bonds is 8. The van der Waals surface area contributed by atoms with E-state index in [1.165, 1.54) is 18.4 Å². The van der Waals surface area contributed by atoms with Gasteiger partial charge in [-0.25, -0.2) is 0 Å². The summed E-state index contributed by atoms with van der Waals surface area (Å²) in [6, 6.07) is 2.56. The molecule has 4 heteroatoms. The topological polar surface area (TPSA) is 43.6 Å². The normalized spacial score (nSPS) is 18.8. The highest BCUT2D eigenvalue weighted by molar-refractivity contribution is 5.23. The molecule has 1 aromatic rings. The first-order chi connectivity index (χ1) is 8.92. The summed E-state index contributed by atoms with van der Waals surface area (Å²) >= 11 is 0. The first-order valence-electron chi connectivity index (χ1n) is 6.78. The summed E-state index contributed by atoms with van der Waals surface area (Å²) in [6.45, 7) is 3.14. The third-order valence-electron chi connectivity index (χ3n) is 3.34. The van der Waals surface area contributed by atoms with Crippen LogP contribution in [0.25, 0.3) is 0 Å². The Kier molecular flexibility index (Phi) is 5.71. The number of ether oxygens (including phenoxy) is 2. The van der Waals surface area contributed by atoms with Crippen LogP contribution in [0.2, 0.25) is 0 Å². The molecule has 1 heterocycles. The second-order valence-electron chi connectivity index (χ2n) is 4.66. The molecule has 1 aliphatic rings. The van der Waals surface area contributed by atoms with Crippen molar-refractivity contribution < 1.29 is 13.9 Å². The minimum absolute atomic E-state index is 0.464. The summed E-state index contributed by atoms with van der Waals surface area (Å²) in [5.41, 5.74) is 1.35. The smallest absolute Gasteiger partial charge is 0.108 e. The maximum Gasteiger partial charge on any atom is 0.108 e. The number of methoxy groups -OCH3 is 1. The highest BCUT2D eigenvalue weighted by atomic mass is 16.5. The Hall–Kier alpha value is -0.840. The summed E-state index contributed by atoms with van der Waals surface area (Å²) in [5.74, 6) is 1.16. The monoisotopic (exact) mass is 253 g/mol. The Labute approximate surface area is 109 Å². The van der Waals surface area contributed by atoms with Gasteiger partial charge in [0.25, 0.3) is 0 Å². The molecule has 0 aromatic carbocycles. The van der Waals surface area contributed by atoms with Crippen LogP contribution in [0.15, 0.2) is 16.7 Å². The van der Waals surface area contributed by atoms with Gasteiger partial charge in [-0.1, -0.05) is 0 Å². The molecule has 0 amide bonds. The molecule has 0 spiro atoms. The van der Waals surface area contributed by atoms with Crippen molar-refractivity contribution in [2.45, 2.75) is 31.7 Å². The van der Waals surface area contributed by atoms with E-state index < -0.39 is 0 Å². The molecule has 4 nitrogen and oxygen atoms in total. The van der Waals surface area contributed by atoms with Gasteiger partial charge < -0.3 is 19.2 Å². The van der Waals surface area contributed by atoms with Crippen molar-refractivity contribution in [2.75, 3.05) is 33.5 Å². The van der Waals surface area contributed by atoms with E-state index in [-0.39, 0.29) is 0 Å². The first kappa shape index (κ1) is 13.6. The van der Waals surface area contributed by atoms with E-state index in [1.54, 1.807) is 13.4 Å². The molecule has 102 valence electrons. The zero-order valence-electron chi connectivity index (χ0n) is 11.1. The minimum atomic E-state index is 0.464. The van der Waals surface area contributed by atoms with Gasteiger partial charge in [-0.3, -0.25) is 0 Å². The summed E-state index contributed by atoms with van der Waals surface area (Å²) in [5, 5.41) is 3.58. The first-order valence-corrected chi connectivity index (χ1v) is 6.78. The highest BCUT2D eigenvalue weighted by Gasteiger charge is 2.21. The molecule has 0 radical (unpaired) electrons. The Morgan fingerprint density at radius 3 is 3.22 bits per heavy atom. The Bertz CT molecular complexity index is 338. The zero-order valence-corrected chi connectivity index (χ0v) is 11.1. The van der Waals surface area contributed by atoms with Gasteiger partial charge in [0.2, 0.25) is 0 Å². The van der Waals surface area contributed by atoms with E-state index in [4.69, 9.17) is 13.9 Å². The molecule has 0 fully saturated rings. The Balaban J connectivity index is 1.60. The van der Waals surface area contributed by atoms with Gasteiger partial charge >= 0.3 is 0 Å². The summed E-state index contributed by atoms with van der Waals surface area (Å²) in [7, 11) is 1.69. The van der Waals surface area contributed by atoms with Crippen LogP contribution in [0.5, 0.6) is 0 Å². The van der Waals surface area contributed by atoms with Gasteiger partial charge in [-0.05, 0) is 31.9 Å². The fourth-order valence-electron chi connectivity index (χ4n) is 2.39. The lowest BCUT2D eigenvalue weighted by Crippen LogP contribution is -2.26. The molecule has 1 N–H and O–H groups in total. The number of hydrogen-bond acceptors (Lipinski definition) is 4. The van der Waals surface area contributed by atoms with Crippen molar-refractivity contribution >= 4 is 0 Å². The average molecular weight is 253 g/mol. The van der Waals surface area contributed by atoms with Crippen molar-refractivity contribution in [3.63, 3.8) is 0 Å². The number of aryl methyl sites for hydroxylation is 1. The van der Waals surface area contributed by atoms with Crippen LogP contribution >= 0.6 is 0 Å². The van der Waals surface area contributed by atoms with E-state index in [1.807, 2.05) is 0 Å². The Morgan fingerprint density at radius 2 is 2.33 bits per heavy atom. The molecule has 1 aliphatic carbocycles. The van der Waals surface area contributed by atoms with Crippen molar-refractivity contribution in [1.29, 1.82) is 0 Å². The molecule has 1 unspecified atom stereocenters. The van der Waals surface area contributed by atoms with Gasteiger partial charge in [-0.2, -0.15) is 0 Å². The average Bonchev–Trinajstić information content (AvgIpc) is 2.86. The van der Waals surface area contributed by atoms with Crippen molar-refractivity contribution in [1.82, 2.24) is 5.32 Å². The van der Waals surface area contributed by atoms with E-state index in [0.29, 0.717) is 19.3 Å². The third-order valence-corrected chi connectivity index (χ3v) is 3.34. The third kappa shape index (κ3) is 3.83. The van der Waals surface area contributed by atoms with Gasteiger partial charge in [0.1, 0.15) is 5.76 Å². The van der Waals surface area contributed by atoms with Gasteiger partial charge in [0.15, 0.2) is 0 Å². The number of nitrogens with one attached hydrogen (secondary N) is 1. The fraction of sp³-hybridized carbons (Fsp3) is 0.714. The molecule has 0 bridgehead atoms. The van der Waals surface area contributed by atoms with Crippen molar-refractivity contribution in [3.05, 3.63) is 23.7 Å². The molecule has 2 rings (SSSR count). The van der Waals surface area contributed by atoms with Crippen LogP contribution in [-0.4, -0.2) is 33.5 Å².